The van der Waals surface area contributed by atoms with Crippen molar-refractivity contribution in [2.75, 3.05) is 0 Å². The normalized spacial score (nSPS) is 21.0. The van der Waals surface area contributed by atoms with Crippen LogP contribution in [0.15, 0.2) is 0 Å². The molecule has 0 radical (unpaired) electrons. The Morgan fingerprint density at radius 2 is 1.44 bits per heavy atom. The van der Waals surface area contributed by atoms with Crippen LogP contribution in [0.3, 0.4) is 0 Å². The Hall–Kier alpha value is 0.700. The largest absolute Gasteiger partial charge is 0.176 e. The molecule has 0 aliphatic carbocycles. The van der Waals surface area contributed by atoms with E-state index in [-0.39, 0.29) is 0 Å². The Morgan fingerprint density at radius 3 is 1.44 bits per heavy atom. The summed E-state index contributed by atoms with van der Waals surface area (Å²) < 4.78 is 0. The molecule has 0 aliphatic rings. The van der Waals surface area contributed by atoms with E-state index in [1.54, 1.807) is 0 Å². The molecule has 0 aromatic carbocycles. The number of rotatable bonds is 3. The fourth-order valence-electron chi connectivity index (χ4n) is 1.09. The summed E-state index contributed by atoms with van der Waals surface area (Å²) in [4.78, 5) is 0. The summed E-state index contributed by atoms with van der Waals surface area (Å²) in [7, 11) is 0. The smallest absolute Gasteiger partial charge is 0.00270 e. The van der Waals surface area contributed by atoms with Crippen molar-refractivity contribution < 1.29 is 0 Å². The van der Waals surface area contributed by atoms with Gasteiger partial charge in [-0.1, -0.05) is 27.2 Å². The minimum atomic E-state index is 0.475. The summed E-state index contributed by atoms with van der Waals surface area (Å²) in [6, 6.07) is 0. The molecule has 56 valence electrons. The molecule has 0 fully saturated rings. The summed E-state index contributed by atoms with van der Waals surface area (Å²) >= 11 is 8.73. The van der Waals surface area contributed by atoms with E-state index >= 15 is 0 Å². The molecule has 0 saturated carbocycles. The quantitative estimate of drug-likeness (QED) is 0.589. The highest BCUT2D eigenvalue weighted by atomic mass is 32.1. The fraction of sp³-hybridized carbons (Fsp3) is 1.00. The zero-order valence-corrected chi connectivity index (χ0v) is 8.12. The Bertz CT molecular complexity index is 61.3. The number of hydrogen-bond acceptors (Lipinski definition) is 2. The van der Waals surface area contributed by atoms with E-state index in [0.717, 1.165) is 0 Å². The van der Waals surface area contributed by atoms with Crippen molar-refractivity contribution in [2.24, 2.45) is 5.92 Å². The lowest BCUT2D eigenvalue weighted by Gasteiger charge is -2.21. The minimum Gasteiger partial charge on any atom is -0.176 e. The van der Waals surface area contributed by atoms with Gasteiger partial charge in [0.05, 0.1) is 0 Å². The van der Waals surface area contributed by atoms with Gasteiger partial charge >= 0.3 is 0 Å². The zero-order valence-electron chi connectivity index (χ0n) is 6.33. The van der Waals surface area contributed by atoms with Crippen LogP contribution < -0.4 is 0 Å². The third-order valence-corrected chi connectivity index (χ3v) is 2.48. The minimum absolute atomic E-state index is 0.475. The first-order valence-corrected chi connectivity index (χ1v) is 4.49. The molecule has 2 atom stereocenters. The second kappa shape index (κ2) is 4.51. The highest BCUT2D eigenvalue weighted by Gasteiger charge is 2.15. The second-order valence-corrected chi connectivity index (χ2v) is 4.18. The molecule has 9 heavy (non-hydrogen) atoms. The van der Waals surface area contributed by atoms with E-state index < -0.39 is 0 Å². The van der Waals surface area contributed by atoms with Gasteiger partial charge in [-0.05, 0) is 5.92 Å². The van der Waals surface area contributed by atoms with E-state index in [1.165, 1.54) is 6.42 Å². The maximum atomic E-state index is 4.36. The molecule has 0 amide bonds. The molecule has 0 bridgehead atoms. The van der Waals surface area contributed by atoms with Gasteiger partial charge < -0.3 is 0 Å². The molecule has 0 heterocycles. The lowest BCUT2D eigenvalue weighted by molar-refractivity contribution is 0.505. The molecule has 0 aromatic heterocycles. The fourth-order valence-corrected chi connectivity index (χ4v) is 2.16. The lowest BCUT2D eigenvalue weighted by Crippen LogP contribution is -2.19. The first-order chi connectivity index (χ1) is 4.09. The van der Waals surface area contributed by atoms with Crippen molar-refractivity contribution in [1.82, 2.24) is 0 Å². The molecule has 0 aliphatic heterocycles. The van der Waals surface area contributed by atoms with E-state index in [0.29, 0.717) is 16.4 Å². The Balaban J connectivity index is 3.68. The van der Waals surface area contributed by atoms with Crippen molar-refractivity contribution in [1.29, 1.82) is 0 Å². The monoisotopic (exact) mass is 164 g/mol. The predicted octanol–water partition coefficient (Wildman–Crippen LogP) is 2.65. The van der Waals surface area contributed by atoms with Gasteiger partial charge in [0.2, 0.25) is 0 Å². The van der Waals surface area contributed by atoms with Gasteiger partial charge in [0, 0.05) is 10.5 Å². The van der Waals surface area contributed by atoms with Crippen molar-refractivity contribution in [3.63, 3.8) is 0 Å². The van der Waals surface area contributed by atoms with Crippen LogP contribution in [0, 0.1) is 5.92 Å². The maximum Gasteiger partial charge on any atom is 0.00270 e. The highest BCUT2D eigenvalue weighted by molar-refractivity contribution is 7.81. The number of thiol groups is 2. The summed E-state index contributed by atoms with van der Waals surface area (Å²) in [5.41, 5.74) is 0. The van der Waals surface area contributed by atoms with Gasteiger partial charge in [0.25, 0.3) is 0 Å². The summed E-state index contributed by atoms with van der Waals surface area (Å²) in [5.74, 6) is 0.650. The van der Waals surface area contributed by atoms with Crippen LogP contribution in [0.2, 0.25) is 0 Å². The SMILES string of the molecule is CCC(C(C)S)C(C)S. The molecule has 0 rings (SSSR count). The van der Waals surface area contributed by atoms with Crippen LogP contribution >= 0.6 is 25.3 Å². The van der Waals surface area contributed by atoms with Gasteiger partial charge in [-0.3, -0.25) is 0 Å². The van der Waals surface area contributed by atoms with Crippen LogP contribution in [-0.2, 0) is 0 Å². The van der Waals surface area contributed by atoms with E-state index in [4.69, 9.17) is 0 Å². The van der Waals surface area contributed by atoms with Crippen molar-refractivity contribution in [3.05, 3.63) is 0 Å². The Kier molecular flexibility index (Phi) is 4.86. The summed E-state index contributed by atoms with van der Waals surface area (Å²) in [6.45, 7) is 6.44. The lowest BCUT2D eigenvalue weighted by atomic mass is 10.00. The van der Waals surface area contributed by atoms with Gasteiger partial charge in [-0.15, -0.1) is 0 Å². The summed E-state index contributed by atoms with van der Waals surface area (Å²) in [6.07, 6.45) is 1.18. The second-order valence-electron chi connectivity index (χ2n) is 2.55. The van der Waals surface area contributed by atoms with E-state index in [2.05, 4.69) is 46.0 Å². The van der Waals surface area contributed by atoms with Crippen molar-refractivity contribution in [3.8, 4) is 0 Å². The highest BCUT2D eigenvalue weighted by Crippen LogP contribution is 2.21. The average molecular weight is 164 g/mol. The molecule has 0 N–H and O–H groups in total. The van der Waals surface area contributed by atoms with E-state index in [9.17, 15) is 0 Å². The van der Waals surface area contributed by atoms with Crippen molar-refractivity contribution >= 4 is 25.3 Å². The Morgan fingerprint density at radius 1 is 1.11 bits per heavy atom. The van der Waals surface area contributed by atoms with Gasteiger partial charge in [-0.25, -0.2) is 0 Å². The van der Waals surface area contributed by atoms with Crippen LogP contribution in [0.4, 0.5) is 0 Å². The molecule has 0 saturated heterocycles. The average Bonchev–Trinajstić information content (AvgIpc) is 1.64. The molecule has 2 heteroatoms. The topological polar surface area (TPSA) is 0 Å². The molecule has 0 nitrogen and oxygen atoms in total. The molecule has 0 aromatic rings. The standard InChI is InChI=1S/C7H16S2/c1-4-7(5(2)8)6(3)9/h5-9H,4H2,1-3H3. The number of hydrogen-bond donors (Lipinski definition) is 2. The molecule has 0 spiro atoms. The van der Waals surface area contributed by atoms with Gasteiger partial charge in [0.1, 0.15) is 0 Å². The van der Waals surface area contributed by atoms with Crippen LogP contribution in [0.25, 0.3) is 0 Å². The molecular weight excluding hydrogens is 148 g/mol. The maximum absolute atomic E-state index is 4.36. The van der Waals surface area contributed by atoms with E-state index in [1.807, 2.05) is 0 Å². The zero-order chi connectivity index (χ0) is 7.44. The third kappa shape index (κ3) is 3.41. The van der Waals surface area contributed by atoms with Crippen LogP contribution in [-0.4, -0.2) is 10.5 Å². The predicted molar refractivity (Wildman–Crippen MR) is 50.7 cm³/mol. The van der Waals surface area contributed by atoms with Crippen LogP contribution in [0.5, 0.6) is 0 Å². The summed E-state index contributed by atoms with van der Waals surface area (Å²) in [5, 5.41) is 0.949. The van der Waals surface area contributed by atoms with Crippen molar-refractivity contribution in [2.45, 2.75) is 37.7 Å². The van der Waals surface area contributed by atoms with Crippen LogP contribution in [0.1, 0.15) is 27.2 Å². The third-order valence-electron chi connectivity index (χ3n) is 1.71. The van der Waals surface area contributed by atoms with Gasteiger partial charge in [-0.2, -0.15) is 25.3 Å². The first-order valence-electron chi connectivity index (χ1n) is 3.45. The Labute approximate surface area is 69.2 Å². The van der Waals surface area contributed by atoms with Gasteiger partial charge in [0.15, 0.2) is 0 Å². The first kappa shape index (κ1) is 9.70. The molecular formula is C7H16S2. The molecule has 2 unspecified atom stereocenters.